The Labute approximate surface area is 176 Å². The van der Waals surface area contributed by atoms with Gasteiger partial charge in [-0.05, 0) is 68.2 Å². The molecule has 152 valence electrons. The summed E-state index contributed by atoms with van der Waals surface area (Å²) < 4.78 is 1.93. The van der Waals surface area contributed by atoms with E-state index >= 15 is 0 Å². The van der Waals surface area contributed by atoms with Crippen molar-refractivity contribution < 1.29 is 0 Å². The van der Waals surface area contributed by atoms with Crippen LogP contribution in [0.4, 0.5) is 0 Å². The number of H-pyrrole nitrogens is 1. The van der Waals surface area contributed by atoms with Crippen molar-refractivity contribution in [2.45, 2.75) is 78.6 Å². The molecule has 1 fully saturated rings. The molecule has 0 aliphatic heterocycles. The number of aryl methyl sites for hydroxylation is 3. The topological polar surface area (TPSA) is 46.0 Å². The predicted octanol–water partition coefficient (Wildman–Crippen LogP) is 7.04. The van der Waals surface area contributed by atoms with Crippen molar-refractivity contribution in [2.75, 3.05) is 0 Å². The minimum Gasteiger partial charge on any atom is -0.346 e. The molecule has 29 heavy (non-hydrogen) atoms. The first-order chi connectivity index (χ1) is 13.9. The van der Waals surface area contributed by atoms with Gasteiger partial charge in [0.15, 0.2) is 5.65 Å². The maximum Gasteiger partial charge on any atom is 0.158 e. The van der Waals surface area contributed by atoms with Gasteiger partial charge >= 0.3 is 0 Å². The summed E-state index contributed by atoms with van der Waals surface area (Å²) in [7, 11) is 0. The van der Waals surface area contributed by atoms with E-state index < -0.39 is 0 Å². The molecule has 0 atom stereocenters. The van der Waals surface area contributed by atoms with Gasteiger partial charge in [-0.15, -0.1) is 11.3 Å². The molecular weight excluding hydrogens is 376 g/mol. The van der Waals surface area contributed by atoms with E-state index in [2.05, 4.69) is 55.0 Å². The van der Waals surface area contributed by atoms with E-state index in [1.807, 2.05) is 22.8 Å². The maximum atomic E-state index is 4.56. The Balaban J connectivity index is 1.69. The van der Waals surface area contributed by atoms with Crippen LogP contribution in [-0.4, -0.2) is 19.6 Å². The molecule has 0 amide bonds. The normalized spacial score (nSPS) is 15.9. The quantitative estimate of drug-likeness (QED) is 0.397. The SMILES string of the molecule is Cc1nc2c(C)cc(-c3[nH]c4sc(C5CCCCC5)c(C)c4c3C(C)C)cn2n1. The number of pyridine rings is 1. The van der Waals surface area contributed by atoms with Gasteiger partial charge in [0.25, 0.3) is 0 Å². The van der Waals surface area contributed by atoms with Gasteiger partial charge in [0.05, 0.1) is 5.69 Å². The minimum atomic E-state index is 0.458. The highest BCUT2D eigenvalue weighted by Crippen LogP contribution is 2.46. The fraction of sp³-hybridized carbons (Fsp3) is 0.500. The molecule has 0 saturated heterocycles. The molecule has 4 aromatic heterocycles. The third kappa shape index (κ3) is 3.02. The highest BCUT2D eigenvalue weighted by molar-refractivity contribution is 7.19. The highest BCUT2D eigenvalue weighted by atomic mass is 32.1. The van der Waals surface area contributed by atoms with E-state index in [0.717, 1.165) is 23.0 Å². The Morgan fingerprint density at radius 3 is 2.62 bits per heavy atom. The van der Waals surface area contributed by atoms with Crippen molar-refractivity contribution in [3.05, 3.63) is 39.7 Å². The van der Waals surface area contributed by atoms with Crippen molar-refractivity contribution in [3.63, 3.8) is 0 Å². The van der Waals surface area contributed by atoms with Gasteiger partial charge < -0.3 is 4.98 Å². The van der Waals surface area contributed by atoms with Crippen LogP contribution in [-0.2, 0) is 0 Å². The number of nitrogens with zero attached hydrogens (tertiary/aromatic N) is 3. The molecule has 0 bridgehead atoms. The van der Waals surface area contributed by atoms with Crippen LogP contribution in [0.1, 0.15) is 85.2 Å². The average Bonchev–Trinajstić information content (AvgIpc) is 3.34. The number of hydrogen-bond donors (Lipinski definition) is 1. The van der Waals surface area contributed by atoms with E-state index in [0.29, 0.717) is 5.92 Å². The Hall–Kier alpha value is -2.14. The number of nitrogens with one attached hydrogen (secondary N) is 1. The van der Waals surface area contributed by atoms with Crippen molar-refractivity contribution in [3.8, 4) is 11.3 Å². The van der Waals surface area contributed by atoms with Crippen LogP contribution >= 0.6 is 11.3 Å². The van der Waals surface area contributed by atoms with E-state index in [4.69, 9.17) is 0 Å². The van der Waals surface area contributed by atoms with E-state index in [9.17, 15) is 0 Å². The van der Waals surface area contributed by atoms with Crippen LogP contribution in [0.5, 0.6) is 0 Å². The third-order valence-electron chi connectivity index (χ3n) is 6.53. The molecule has 0 radical (unpaired) electrons. The molecule has 0 spiro atoms. The fourth-order valence-corrected chi connectivity index (χ4v) is 6.60. The van der Waals surface area contributed by atoms with Crippen LogP contribution in [0.2, 0.25) is 0 Å². The lowest BCUT2D eigenvalue weighted by Gasteiger charge is -2.21. The summed E-state index contributed by atoms with van der Waals surface area (Å²) in [4.78, 5) is 11.3. The first-order valence-electron chi connectivity index (χ1n) is 10.9. The molecule has 4 nitrogen and oxygen atoms in total. The van der Waals surface area contributed by atoms with Crippen molar-refractivity contribution >= 4 is 27.2 Å². The van der Waals surface area contributed by atoms with Crippen molar-refractivity contribution in [1.29, 1.82) is 0 Å². The number of fused-ring (bicyclic) bond motifs is 2. The van der Waals surface area contributed by atoms with Gasteiger partial charge in [0.1, 0.15) is 10.7 Å². The first kappa shape index (κ1) is 18.9. The number of rotatable bonds is 3. The van der Waals surface area contributed by atoms with Gasteiger partial charge in [0, 0.05) is 22.0 Å². The predicted molar refractivity (Wildman–Crippen MR) is 122 cm³/mol. The lowest BCUT2D eigenvalue weighted by atomic mass is 9.86. The van der Waals surface area contributed by atoms with Crippen LogP contribution in [0.15, 0.2) is 12.3 Å². The van der Waals surface area contributed by atoms with Crippen LogP contribution in [0, 0.1) is 20.8 Å². The van der Waals surface area contributed by atoms with Crippen LogP contribution < -0.4 is 0 Å². The molecule has 1 N–H and O–H groups in total. The third-order valence-corrected chi connectivity index (χ3v) is 7.90. The summed E-state index contributed by atoms with van der Waals surface area (Å²) in [6.07, 6.45) is 9.01. The summed E-state index contributed by atoms with van der Waals surface area (Å²) >= 11 is 2.00. The highest BCUT2D eigenvalue weighted by Gasteiger charge is 2.26. The molecule has 0 unspecified atom stereocenters. The van der Waals surface area contributed by atoms with E-state index in [1.165, 1.54) is 64.7 Å². The Bertz CT molecular complexity index is 1200. The second-order valence-corrected chi connectivity index (χ2v) is 10.1. The van der Waals surface area contributed by atoms with Gasteiger partial charge in [-0.1, -0.05) is 33.1 Å². The molecule has 0 aromatic carbocycles. The number of aromatic amines is 1. The summed E-state index contributed by atoms with van der Waals surface area (Å²) in [6, 6.07) is 2.25. The number of thiophene rings is 1. The lowest BCUT2D eigenvalue weighted by molar-refractivity contribution is 0.447. The molecule has 1 aliphatic rings. The van der Waals surface area contributed by atoms with Gasteiger partial charge in [0.2, 0.25) is 0 Å². The zero-order valence-electron chi connectivity index (χ0n) is 18.1. The fourth-order valence-electron chi connectivity index (χ4n) is 5.20. The Morgan fingerprint density at radius 2 is 1.90 bits per heavy atom. The smallest absolute Gasteiger partial charge is 0.158 e. The van der Waals surface area contributed by atoms with Crippen molar-refractivity contribution in [2.24, 2.45) is 0 Å². The summed E-state index contributed by atoms with van der Waals surface area (Å²) in [5.74, 6) is 2.03. The van der Waals surface area contributed by atoms with Gasteiger partial charge in [-0.2, -0.15) is 5.10 Å². The molecule has 1 aliphatic carbocycles. The summed E-state index contributed by atoms with van der Waals surface area (Å²) in [6.45, 7) is 11.1. The molecule has 4 aromatic rings. The maximum absolute atomic E-state index is 4.56. The first-order valence-corrected chi connectivity index (χ1v) is 11.7. The molecule has 5 rings (SSSR count). The van der Waals surface area contributed by atoms with Crippen LogP contribution in [0.25, 0.3) is 27.1 Å². The number of hydrogen-bond acceptors (Lipinski definition) is 3. The monoisotopic (exact) mass is 406 g/mol. The summed E-state index contributed by atoms with van der Waals surface area (Å²) in [5, 5.41) is 6.03. The van der Waals surface area contributed by atoms with Gasteiger partial charge in [-0.3, -0.25) is 0 Å². The Morgan fingerprint density at radius 1 is 1.14 bits per heavy atom. The van der Waals surface area contributed by atoms with E-state index in [1.54, 1.807) is 4.88 Å². The second kappa shape index (κ2) is 6.98. The zero-order chi connectivity index (χ0) is 20.3. The molecular formula is C24H30N4S. The van der Waals surface area contributed by atoms with E-state index in [-0.39, 0.29) is 0 Å². The molecule has 4 heterocycles. The van der Waals surface area contributed by atoms with Crippen LogP contribution in [0.3, 0.4) is 0 Å². The Kier molecular flexibility index (Phi) is 4.54. The molecule has 5 heteroatoms. The molecule has 1 saturated carbocycles. The minimum absolute atomic E-state index is 0.458. The second-order valence-electron chi connectivity index (χ2n) is 9.04. The zero-order valence-corrected chi connectivity index (χ0v) is 18.9. The number of aromatic nitrogens is 4. The lowest BCUT2D eigenvalue weighted by Crippen LogP contribution is -2.04. The van der Waals surface area contributed by atoms with Crippen molar-refractivity contribution in [1.82, 2.24) is 19.6 Å². The summed E-state index contributed by atoms with van der Waals surface area (Å²) in [5.41, 5.74) is 7.52. The van der Waals surface area contributed by atoms with Gasteiger partial charge in [-0.25, -0.2) is 9.50 Å². The largest absolute Gasteiger partial charge is 0.346 e. The standard InChI is InChI=1S/C24H30N4S/c1-13(2)19-20-15(4)22(17-9-7-6-8-10-17)29-24(20)26-21(19)18-11-14(3)23-25-16(5)27-28(23)12-18/h11-13,17,26H,6-10H2,1-5H3. The average molecular weight is 407 g/mol.